The van der Waals surface area contributed by atoms with Crippen LogP contribution < -0.4 is 10.6 Å². The number of carbonyl (C=O) groups is 1. The molecular formula is C10H20N2O2. The van der Waals surface area contributed by atoms with Crippen LogP contribution in [0.3, 0.4) is 0 Å². The molecule has 2 atom stereocenters. The average molecular weight is 200 g/mol. The molecule has 14 heavy (non-hydrogen) atoms. The van der Waals surface area contributed by atoms with E-state index in [4.69, 9.17) is 4.74 Å². The minimum Gasteiger partial charge on any atom is -0.376 e. The van der Waals surface area contributed by atoms with Gasteiger partial charge in [0.05, 0.1) is 12.1 Å². The lowest BCUT2D eigenvalue weighted by Gasteiger charge is -2.23. The molecule has 1 saturated heterocycles. The van der Waals surface area contributed by atoms with Crippen molar-refractivity contribution in [2.24, 2.45) is 0 Å². The van der Waals surface area contributed by atoms with Gasteiger partial charge in [-0.25, -0.2) is 0 Å². The Balaban J connectivity index is 2.15. The lowest BCUT2D eigenvalue weighted by atomic mass is 10.1. The third-order valence-electron chi connectivity index (χ3n) is 2.60. The summed E-state index contributed by atoms with van der Waals surface area (Å²) >= 11 is 0. The highest BCUT2D eigenvalue weighted by Crippen LogP contribution is 2.11. The fraction of sp³-hybridized carbons (Fsp3) is 0.900. The molecule has 0 aliphatic carbocycles. The van der Waals surface area contributed by atoms with E-state index in [9.17, 15) is 4.79 Å². The second kappa shape index (κ2) is 5.98. The fourth-order valence-electron chi connectivity index (χ4n) is 1.47. The Morgan fingerprint density at radius 3 is 2.93 bits per heavy atom. The van der Waals surface area contributed by atoms with Crippen LogP contribution in [0.5, 0.6) is 0 Å². The molecule has 1 aliphatic rings. The van der Waals surface area contributed by atoms with E-state index in [-0.39, 0.29) is 18.1 Å². The molecule has 2 unspecified atom stereocenters. The number of ether oxygens (including phenoxy) is 1. The van der Waals surface area contributed by atoms with Gasteiger partial charge in [0.2, 0.25) is 5.91 Å². The van der Waals surface area contributed by atoms with Crippen LogP contribution in [-0.4, -0.2) is 38.3 Å². The molecule has 1 fully saturated rings. The molecule has 1 amide bonds. The van der Waals surface area contributed by atoms with Gasteiger partial charge < -0.3 is 15.4 Å². The predicted octanol–water partition coefficient (Wildman–Crippen LogP) is 0.280. The van der Waals surface area contributed by atoms with E-state index in [1.807, 2.05) is 6.92 Å². The van der Waals surface area contributed by atoms with Gasteiger partial charge in [-0.3, -0.25) is 4.79 Å². The number of likely N-dealkylation sites (N-methyl/N-ethyl adjacent to an activating group) is 1. The molecule has 0 aromatic heterocycles. The van der Waals surface area contributed by atoms with Crippen LogP contribution in [0.1, 0.15) is 26.2 Å². The molecule has 4 heteroatoms. The van der Waals surface area contributed by atoms with E-state index in [0.29, 0.717) is 6.54 Å². The first-order chi connectivity index (χ1) is 6.74. The van der Waals surface area contributed by atoms with Crippen LogP contribution in [0.15, 0.2) is 0 Å². The fourth-order valence-corrected chi connectivity index (χ4v) is 1.47. The van der Waals surface area contributed by atoms with Crippen molar-refractivity contribution in [3.8, 4) is 0 Å². The van der Waals surface area contributed by atoms with Gasteiger partial charge in [0.15, 0.2) is 0 Å². The second-order valence-electron chi connectivity index (χ2n) is 3.74. The third-order valence-corrected chi connectivity index (χ3v) is 2.60. The Hall–Kier alpha value is -0.610. The molecule has 82 valence electrons. The van der Waals surface area contributed by atoms with Gasteiger partial charge in [-0.05, 0) is 33.2 Å². The first kappa shape index (κ1) is 11.5. The van der Waals surface area contributed by atoms with Crippen LogP contribution in [0.25, 0.3) is 0 Å². The highest BCUT2D eigenvalue weighted by atomic mass is 16.5. The van der Waals surface area contributed by atoms with Crippen molar-refractivity contribution in [3.63, 3.8) is 0 Å². The maximum Gasteiger partial charge on any atom is 0.236 e. The summed E-state index contributed by atoms with van der Waals surface area (Å²) in [5.74, 6) is 0.0432. The summed E-state index contributed by atoms with van der Waals surface area (Å²) in [6.07, 6.45) is 3.64. The molecule has 1 rings (SSSR count). The summed E-state index contributed by atoms with van der Waals surface area (Å²) in [6.45, 7) is 3.32. The maximum atomic E-state index is 11.4. The van der Waals surface area contributed by atoms with Gasteiger partial charge in [0.25, 0.3) is 0 Å². The molecule has 0 aromatic carbocycles. The van der Waals surface area contributed by atoms with E-state index < -0.39 is 0 Å². The maximum absolute atomic E-state index is 11.4. The minimum atomic E-state index is -0.126. The molecule has 2 N–H and O–H groups in total. The first-order valence-corrected chi connectivity index (χ1v) is 5.30. The predicted molar refractivity (Wildman–Crippen MR) is 55.1 cm³/mol. The smallest absolute Gasteiger partial charge is 0.236 e. The lowest BCUT2D eigenvalue weighted by Crippen LogP contribution is -2.44. The number of amides is 1. The Kier molecular flexibility index (Phi) is 4.90. The first-order valence-electron chi connectivity index (χ1n) is 5.30. The number of hydrogen-bond donors (Lipinski definition) is 2. The van der Waals surface area contributed by atoms with Crippen LogP contribution in [0.4, 0.5) is 0 Å². The minimum absolute atomic E-state index is 0.0432. The Bertz CT molecular complexity index is 179. The standard InChI is InChI=1S/C10H20N2O2/c1-8(11-2)10(13)12-7-9-5-3-4-6-14-9/h8-9,11H,3-7H2,1-2H3,(H,12,13). The average Bonchev–Trinajstić information content (AvgIpc) is 2.26. The Morgan fingerprint density at radius 2 is 2.36 bits per heavy atom. The SMILES string of the molecule is CNC(C)C(=O)NCC1CCCCO1. The van der Waals surface area contributed by atoms with Gasteiger partial charge in [0, 0.05) is 13.2 Å². The summed E-state index contributed by atoms with van der Waals surface area (Å²) in [4.78, 5) is 11.4. The largest absolute Gasteiger partial charge is 0.376 e. The monoisotopic (exact) mass is 200 g/mol. The van der Waals surface area contributed by atoms with Crippen LogP contribution in [-0.2, 0) is 9.53 Å². The van der Waals surface area contributed by atoms with Gasteiger partial charge in [-0.15, -0.1) is 0 Å². The lowest BCUT2D eigenvalue weighted by molar-refractivity contribution is -0.123. The van der Waals surface area contributed by atoms with Crippen molar-refractivity contribution in [2.75, 3.05) is 20.2 Å². The Labute approximate surface area is 85.4 Å². The zero-order chi connectivity index (χ0) is 10.4. The quantitative estimate of drug-likeness (QED) is 0.685. The highest BCUT2D eigenvalue weighted by Gasteiger charge is 2.16. The van der Waals surface area contributed by atoms with Crippen LogP contribution in [0, 0.1) is 0 Å². The third kappa shape index (κ3) is 3.64. The zero-order valence-corrected chi connectivity index (χ0v) is 9.01. The van der Waals surface area contributed by atoms with Crippen molar-refractivity contribution in [1.82, 2.24) is 10.6 Å². The van der Waals surface area contributed by atoms with E-state index in [2.05, 4.69) is 10.6 Å². The number of hydrogen-bond acceptors (Lipinski definition) is 3. The highest BCUT2D eigenvalue weighted by molar-refractivity contribution is 5.81. The molecule has 0 bridgehead atoms. The topological polar surface area (TPSA) is 50.4 Å². The van der Waals surface area contributed by atoms with E-state index in [0.717, 1.165) is 19.4 Å². The van der Waals surface area contributed by atoms with Gasteiger partial charge in [0.1, 0.15) is 0 Å². The van der Waals surface area contributed by atoms with E-state index in [1.54, 1.807) is 7.05 Å². The van der Waals surface area contributed by atoms with Crippen molar-refractivity contribution >= 4 is 5.91 Å². The van der Waals surface area contributed by atoms with E-state index in [1.165, 1.54) is 6.42 Å². The molecule has 0 saturated carbocycles. The Morgan fingerprint density at radius 1 is 1.57 bits per heavy atom. The summed E-state index contributed by atoms with van der Waals surface area (Å²) in [6, 6.07) is -0.126. The molecule has 0 radical (unpaired) electrons. The second-order valence-corrected chi connectivity index (χ2v) is 3.74. The molecule has 4 nitrogen and oxygen atoms in total. The summed E-state index contributed by atoms with van der Waals surface area (Å²) in [7, 11) is 1.78. The van der Waals surface area contributed by atoms with Crippen molar-refractivity contribution in [3.05, 3.63) is 0 Å². The summed E-state index contributed by atoms with van der Waals surface area (Å²) in [5, 5.41) is 5.78. The van der Waals surface area contributed by atoms with Gasteiger partial charge in [-0.1, -0.05) is 0 Å². The normalized spacial score (nSPS) is 24.3. The van der Waals surface area contributed by atoms with Crippen molar-refractivity contribution in [1.29, 1.82) is 0 Å². The summed E-state index contributed by atoms with van der Waals surface area (Å²) < 4.78 is 5.51. The van der Waals surface area contributed by atoms with Crippen molar-refractivity contribution < 1.29 is 9.53 Å². The van der Waals surface area contributed by atoms with Crippen LogP contribution >= 0.6 is 0 Å². The molecule has 0 spiro atoms. The molecular weight excluding hydrogens is 180 g/mol. The molecule has 1 aliphatic heterocycles. The van der Waals surface area contributed by atoms with Gasteiger partial charge in [-0.2, -0.15) is 0 Å². The number of nitrogens with one attached hydrogen (secondary N) is 2. The zero-order valence-electron chi connectivity index (χ0n) is 9.01. The van der Waals surface area contributed by atoms with E-state index >= 15 is 0 Å². The van der Waals surface area contributed by atoms with Gasteiger partial charge >= 0.3 is 0 Å². The molecule has 0 aromatic rings. The van der Waals surface area contributed by atoms with Crippen molar-refractivity contribution in [2.45, 2.75) is 38.3 Å². The molecule has 1 heterocycles. The number of rotatable bonds is 4. The summed E-state index contributed by atoms with van der Waals surface area (Å²) in [5.41, 5.74) is 0. The number of carbonyl (C=O) groups excluding carboxylic acids is 1. The van der Waals surface area contributed by atoms with Crippen LogP contribution in [0.2, 0.25) is 0 Å².